The van der Waals surface area contributed by atoms with Crippen molar-refractivity contribution < 1.29 is 4.74 Å². The zero-order chi connectivity index (χ0) is 60.3. The third-order valence-corrected chi connectivity index (χ3v) is 23.0. The molecule has 1 aromatic heterocycles. The molecule has 2 bridgehead atoms. The summed E-state index contributed by atoms with van der Waals surface area (Å²) in [6, 6.07) is 37.3. The Kier molecular flexibility index (Phi) is 13.7. The normalized spacial score (nSPS) is 23.8. The minimum atomic E-state index is -0.164. The maximum Gasteiger partial charge on any atom is 0.133 e. The summed E-state index contributed by atoms with van der Waals surface area (Å²) >= 11 is 0. The highest BCUT2D eigenvalue weighted by atomic mass is 16.5. The van der Waals surface area contributed by atoms with E-state index >= 15 is 0 Å². The van der Waals surface area contributed by atoms with Crippen LogP contribution in [0.1, 0.15) is 215 Å². The van der Waals surface area contributed by atoms with Crippen LogP contribution < -0.4 is 14.5 Å². The van der Waals surface area contributed by atoms with Gasteiger partial charge in [0.15, 0.2) is 0 Å². The summed E-state index contributed by atoms with van der Waals surface area (Å²) in [5.41, 5.74) is 17.8. The van der Waals surface area contributed by atoms with Crippen molar-refractivity contribution in [2.75, 3.05) is 22.9 Å². The van der Waals surface area contributed by atoms with E-state index in [-0.39, 0.29) is 56.2 Å². The Hall–Kier alpha value is -5.94. The number of anilines is 2. The van der Waals surface area contributed by atoms with Crippen molar-refractivity contribution in [3.63, 3.8) is 0 Å². The van der Waals surface area contributed by atoms with Crippen LogP contribution in [0.5, 0.6) is 11.5 Å². The second-order valence-corrected chi connectivity index (χ2v) is 33.4. The van der Waals surface area contributed by atoms with Gasteiger partial charge in [0.2, 0.25) is 0 Å². The van der Waals surface area contributed by atoms with Crippen molar-refractivity contribution in [1.82, 2.24) is 9.47 Å². The molecule has 0 N–H and O–H groups in total. The maximum atomic E-state index is 7.61. The zero-order valence-corrected chi connectivity index (χ0v) is 55.5. The Labute approximate surface area is 512 Å². The molecule has 0 radical (unpaired) electrons. The number of benzene rings is 5. The summed E-state index contributed by atoms with van der Waals surface area (Å²) in [6.07, 6.45) is 22.6. The number of nitrogens with zero attached hydrogens (tertiary/aromatic N) is 4. The van der Waals surface area contributed by atoms with E-state index in [1.54, 1.807) is 5.57 Å². The molecule has 448 valence electrons. The second-order valence-electron chi connectivity index (χ2n) is 33.4. The van der Waals surface area contributed by atoms with Crippen LogP contribution in [0.4, 0.5) is 11.4 Å². The molecule has 85 heavy (non-hydrogen) atoms. The Bertz CT molecular complexity index is 3750. The van der Waals surface area contributed by atoms with E-state index in [9.17, 15) is 0 Å². The van der Waals surface area contributed by atoms with Gasteiger partial charge in [0.05, 0.1) is 29.7 Å². The van der Waals surface area contributed by atoms with Gasteiger partial charge in [0, 0.05) is 57.6 Å². The fourth-order valence-electron chi connectivity index (χ4n) is 17.2. The molecule has 5 nitrogen and oxygen atoms in total. The first-order chi connectivity index (χ1) is 39.9. The molecular formula is C80H102N4O. The summed E-state index contributed by atoms with van der Waals surface area (Å²) in [4.78, 5) is 9.07. The van der Waals surface area contributed by atoms with Crippen molar-refractivity contribution in [3.05, 3.63) is 171 Å². The van der Waals surface area contributed by atoms with Gasteiger partial charge < -0.3 is 19.4 Å². The Morgan fingerprint density at radius 1 is 0.529 bits per heavy atom. The van der Waals surface area contributed by atoms with E-state index in [1.165, 1.54) is 109 Å². The van der Waals surface area contributed by atoms with Crippen LogP contribution in [-0.4, -0.2) is 40.8 Å². The van der Waals surface area contributed by atoms with Crippen LogP contribution in [-0.2, 0) is 33.5 Å². The van der Waals surface area contributed by atoms with Crippen molar-refractivity contribution >= 4 is 39.0 Å². The molecule has 5 heteroatoms. The molecule has 3 aliphatic carbocycles. The number of rotatable bonds is 7. The fraction of sp³-hybridized carbons (Fsp3) is 0.525. The molecule has 7 aliphatic rings. The van der Waals surface area contributed by atoms with E-state index < -0.39 is 0 Å². The average Bonchev–Trinajstić information content (AvgIpc) is 1.71. The molecule has 1 saturated heterocycles. The molecule has 5 aromatic carbocycles. The van der Waals surface area contributed by atoms with Gasteiger partial charge in [-0.3, -0.25) is 4.57 Å². The fourth-order valence-corrected chi connectivity index (χ4v) is 17.2. The molecule has 6 unspecified atom stereocenters. The van der Waals surface area contributed by atoms with Gasteiger partial charge in [0.25, 0.3) is 0 Å². The minimum Gasteiger partial charge on any atom is -0.457 e. The minimum absolute atomic E-state index is 0.00217. The van der Waals surface area contributed by atoms with Crippen LogP contribution in [0.25, 0.3) is 27.6 Å². The molecule has 1 saturated carbocycles. The third kappa shape index (κ3) is 9.67. The molecule has 6 aromatic rings. The van der Waals surface area contributed by atoms with E-state index in [0.29, 0.717) is 17.8 Å². The Balaban J connectivity index is 1.13. The standard InChI is InChI=1S/C80H102N4O/c1-74(2,3)53-34-36-65-60(41-53)59-35-37-69-62-45-61-66(42-55(76(7,8)9)43-70(61)85-69)83-68-47-64(80(17,18)52-32-26-21-27-33-52)63(79(15,16)51-30-24-20-25-31-51)46-67(68)82(72(83)49-81-48-57(77(10,11)12)44-71(81)84(65)73(59)62)58-39-54(75(4,5)6)38-56(40-58)78(13,14)50-28-22-19-23-29-50/h19,21-22,26-28,30,32-44,57,63-64,67-68,72H,20,23-25,29,31,45-49H2,1-18H3. The number of ether oxygens (including phenoxy) is 1. The predicted octanol–water partition coefficient (Wildman–Crippen LogP) is 20.6. The van der Waals surface area contributed by atoms with Crippen LogP contribution in [0.3, 0.4) is 0 Å². The number of fused-ring (bicyclic) bond motifs is 9. The molecular weight excluding hydrogens is 1030 g/mol. The first kappa shape index (κ1) is 58.1. The van der Waals surface area contributed by atoms with Gasteiger partial charge in [0.1, 0.15) is 23.5 Å². The first-order valence-electron chi connectivity index (χ1n) is 33.2. The maximum absolute atomic E-state index is 7.61. The van der Waals surface area contributed by atoms with Crippen LogP contribution >= 0.6 is 0 Å². The highest BCUT2D eigenvalue weighted by Gasteiger charge is 2.59. The number of aromatic nitrogens is 1. The van der Waals surface area contributed by atoms with Crippen molar-refractivity contribution in [2.24, 2.45) is 28.6 Å². The van der Waals surface area contributed by atoms with E-state index in [0.717, 1.165) is 56.7 Å². The summed E-state index contributed by atoms with van der Waals surface area (Å²) < 4.78 is 10.3. The van der Waals surface area contributed by atoms with E-state index in [4.69, 9.17) is 4.74 Å². The van der Waals surface area contributed by atoms with E-state index in [2.05, 4.69) is 265 Å². The first-order valence-corrected chi connectivity index (χ1v) is 33.2. The van der Waals surface area contributed by atoms with Gasteiger partial charge in [-0.2, -0.15) is 0 Å². The summed E-state index contributed by atoms with van der Waals surface area (Å²) in [7, 11) is 0. The SMILES string of the molecule is CC(C)(C)c1cc(N2C3CC(C(C)(C)C4=CCCCC4)C(C(C)(C)c4ccccc4)CC3N3c4cc(C(C)(C)C)cc5c4Cc4c(ccc6c7cc(C(C)(C)C)ccc7n(c46)C4=CC(C(C)(C)C)CN4CC23)O5)cc(C(C)(C)C2=CC=CCC2)c1. The highest BCUT2D eigenvalue weighted by Crippen LogP contribution is 2.60. The number of hydrogen-bond donors (Lipinski definition) is 0. The molecule has 0 spiro atoms. The van der Waals surface area contributed by atoms with Crippen LogP contribution in [0.15, 0.2) is 133 Å². The van der Waals surface area contributed by atoms with Gasteiger partial charge in [-0.1, -0.05) is 203 Å². The monoisotopic (exact) mass is 1130 g/mol. The van der Waals surface area contributed by atoms with Crippen molar-refractivity contribution in [3.8, 4) is 11.5 Å². The Morgan fingerprint density at radius 3 is 1.87 bits per heavy atom. The van der Waals surface area contributed by atoms with Gasteiger partial charge in [-0.05, 0) is 178 Å². The second kappa shape index (κ2) is 20.0. The number of allylic oxidation sites excluding steroid dienone is 6. The lowest BCUT2D eigenvalue weighted by Crippen LogP contribution is -2.54. The molecule has 2 fully saturated rings. The van der Waals surface area contributed by atoms with Gasteiger partial charge in [-0.15, -0.1) is 0 Å². The van der Waals surface area contributed by atoms with Crippen molar-refractivity contribution in [2.45, 2.75) is 228 Å². The third-order valence-electron chi connectivity index (χ3n) is 23.0. The molecule has 4 aliphatic heterocycles. The van der Waals surface area contributed by atoms with Crippen LogP contribution in [0.2, 0.25) is 0 Å². The molecule has 0 amide bonds. The van der Waals surface area contributed by atoms with Gasteiger partial charge in [-0.25, -0.2) is 0 Å². The quantitative estimate of drug-likeness (QED) is 0.148. The van der Waals surface area contributed by atoms with Crippen molar-refractivity contribution in [1.29, 1.82) is 0 Å². The topological polar surface area (TPSA) is 23.9 Å². The molecule has 5 heterocycles. The molecule has 6 atom stereocenters. The van der Waals surface area contributed by atoms with Gasteiger partial charge >= 0.3 is 0 Å². The average molecular weight is 1140 g/mol. The molecule has 13 rings (SSSR count). The number of hydrogen-bond acceptors (Lipinski definition) is 4. The lowest BCUT2D eigenvalue weighted by atomic mass is 9.52. The predicted molar refractivity (Wildman–Crippen MR) is 362 cm³/mol. The largest absolute Gasteiger partial charge is 0.457 e. The smallest absolute Gasteiger partial charge is 0.133 e. The van der Waals surface area contributed by atoms with E-state index in [1.807, 2.05) is 0 Å². The van der Waals surface area contributed by atoms with Crippen LogP contribution in [0, 0.1) is 28.6 Å². The lowest BCUT2D eigenvalue weighted by molar-refractivity contribution is 0.0538. The lowest BCUT2D eigenvalue weighted by Gasteiger charge is -2.54. The zero-order valence-electron chi connectivity index (χ0n) is 55.5. The summed E-state index contributed by atoms with van der Waals surface area (Å²) in [5, 5.41) is 2.65. The summed E-state index contributed by atoms with van der Waals surface area (Å²) in [6.45, 7) is 46.5. The summed E-state index contributed by atoms with van der Waals surface area (Å²) in [5.74, 6) is 4.50. The highest BCUT2D eigenvalue weighted by molar-refractivity contribution is 6.12. The Morgan fingerprint density at radius 2 is 1.21 bits per heavy atom.